The topological polar surface area (TPSA) is 96.2 Å². The minimum atomic E-state index is -0.385. The first-order valence-electron chi connectivity index (χ1n) is 9.95. The molecule has 0 spiro atoms. The van der Waals surface area contributed by atoms with Gasteiger partial charge in [-0.2, -0.15) is 0 Å². The molecule has 9 nitrogen and oxygen atoms in total. The first-order valence-corrected chi connectivity index (χ1v) is 9.95. The third-order valence-corrected chi connectivity index (χ3v) is 5.15. The van der Waals surface area contributed by atoms with E-state index >= 15 is 0 Å². The lowest BCUT2D eigenvalue weighted by Crippen LogP contribution is -2.48. The number of benzene rings is 1. The van der Waals surface area contributed by atoms with Gasteiger partial charge in [-0.1, -0.05) is 0 Å². The zero-order valence-electron chi connectivity index (χ0n) is 17.4. The molecule has 0 bridgehead atoms. The maximum atomic E-state index is 12.6. The number of Topliss-reactive ketones (excluding diaryl/α,β-unsaturated/α-hetero) is 1. The predicted molar refractivity (Wildman–Crippen MR) is 115 cm³/mol. The number of rotatable bonds is 4. The quantitative estimate of drug-likeness (QED) is 0.651. The van der Waals surface area contributed by atoms with Crippen molar-refractivity contribution in [3.8, 4) is 5.75 Å². The number of carbonyl (C=O) groups excluding carboxylic acids is 3. The normalized spacial score (nSPS) is 14.5. The number of hydrogen-bond acceptors (Lipinski definition) is 6. The number of anilines is 1. The van der Waals surface area contributed by atoms with Crippen molar-refractivity contribution in [1.82, 2.24) is 19.2 Å². The van der Waals surface area contributed by atoms with Crippen LogP contribution in [0, 0.1) is 0 Å². The highest BCUT2D eigenvalue weighted by Gasteiger charge is 2.20. The Kier molecular flexibility index (Phi) is 5.68. The molecule has 0 unspecified atom stereocenters. The van der Waals surface area contributed by atoms with Gasteiger partial charge in [-0.25, -0.2) is 9.78 Å². The molecule has 1 aliphatic rings. The molecule has 0 atom stereocenters. The van der Waals surface area contributed by atoms with Gasteiger partial charge in [0.15, 0.2) is 5.78 Å². The molecule has 3 aromatic rings. The second-order valence-electron chi connectivity index (χ2n) is 7.50. The van der Waals surface area contributed by atoms with Gasteiger partial charge in [0, 0.05) is 51.1 Å². The van der Waals surface area contributed by atoms with E-state index in [2.05, 4.69) is 15.2 Å². The highest BCUT2D eigenvalue weighted by molar-refractivity contribution is 6.04. The molecule has 1 fully saturated rings. The number of ether oxygens (including phenoxy) is 1. The molecular weight excluding hydrogens is 398 g/mol. The van der Waals surface area contributed by atoms with E-state index in [-0.39, 0.29) is 17.8 Å². The Morgan fingerprint density at radius 2 is 1.68 bits per heavy atom. The highest BCUT2D eigenvalue weighted by atomic mass is 16.6. The molecule has 2 amide bonds. The molecule has 3 heterocycles. The van der Waals surface area contributed by atoms with Crippen molar-refractivity contribution < 1.29 is 19.1 Å². The largest absolute Gasteiger partial charge is 0.415 e. The van der Waals surface area contributed by atoms with Crippen LogP contribution in [0.25, 0.3) is 5.65 Å². The van der Waals surface area contributed by atoms with E-state index in [0.717, 1.165) is 13.1 Å². The monoisotopic (exact) mass is 421 g/mol. The van der Waals surface area contributed by atoms with E-state index in [0.29, 0.717) is 41.4 Å². The molecule has 4 rings (SSSR count). The van der Waals surface area contributed by atoms with Crippen LogP contribution in [0.3, 0.4) is 0 Å². The van der Waals surface area contributed by atoms with Gasteiger partial charge in [-0.05, 0) is 43.4 Å². The summed E-state index contributed by atoms with van der Waals surface area (Å²) in [5.74, 6) is -0.0389. The van der Waals surface area contributed by atoms with Crippen molar-refractivity contribution in [3.05, 3.63) is 60.0 Å². The summed E-state index contributed by atoms with van der Waals surface area (Å²) in [5, 5.41) is 2.81. The number of likely N-dealkylation sites (N-methyl/N-ethyl adjacent to an activating group) is 1. The average molecular weight is 421 g/mol. The number of nitrogens with one attached hydrogen (secondary N) is 1. The Labute approximate surface area is 179 Å². The molecule has 0 saturated carbocycles. The number of nitrogens with zero attached hydrogens (tertiary/aromatic N) is 4. The SMILES string of the molecule is CC(=O)c1cn2cc(NC(=O)c3ccc(OC(=O)N4CCN(C)CC4)cc3)ccc2n1. The van der Waals surface area contributed by atoms with Gasteiger partial charge in [0.05, 0.1) is 5.69 Å². The van der Waals surface area contributed by atoms with Crippen LogP contribution >= 0.6 is 0 Å². The van der Waals surface area contributed by atoms with Crippen molar-refractivity contribution in [3.63, 3.8) is 0 Å². The number of piperazine rings is 1. The average Bonchev–Trinajstić information content (AvgIpc) is 3.18. The Bertz CT molecular complexity index is 1130. The maximum absolute atomic E-state index is 12.6. The minimum absolute atomic E-state index is 0.123. The summed E-state index contributed by atoms with van der Waals surface area (Å²) in [6.07, 6.45) is 2.93. The highest BCUT2D eigenvalue weighted by Crippen LogP contribution is 2.17. The Morgan fingerprint density at radius 3 is 2.35 bits per heavy atom. The fraction of sp³-hybridized carbons (Fsp3) is 0.273. The van der Waals surface area contributed by atoms with Crippen molar-refractivity contribution >= 4 is 29.1 Å². The van der Waals surface area contributed by atoms with E-state index in [1.54, 1.807) is 58.1 Å². The van der Waals surface area contributed by atoms with Gasteiger partial charge >= 0.3 is 6.09 Å². The van der Waals surface area contributed by atoms with Gasteiger partial charge < -0.3 is 24.3 Å². The predicted octanol–water partition coefficient (Wildman–Crippen LogP) is 2.54. The first-order chi connectivity index (χ1) is 14.9. The second kappa shape index (κ2) is 8.57. The molecule has 31 heavy (non-hydrogen) atoms. The summed E-state index contributed by atoms with van der Waals surface area (Å²) < 4.78 is 7.10. The van der Waals surface area contributed by atoms with Crippen LogP contribution in [0.2, 0.25) is 0 Å². The van der Waals surface area contributed by atoms with Crippen molar-refractivity contribution in [1.29, 1.82) is 0 Å². The van der Waals surface area contributed by atoms with Gasteiger partial charge in [-0.3, -0.25) is 9.59 Å². The van der Waals surface area contributed by atoms with E-state index < -0.39 is 0 Å². The molecule has 1 saturated heterocycles. The molecule has 160 valence electrons. The van der Waals surface area contributed by atoms with E-state index in [9.17, 15) is 14.4 Å². The number of amides is 2. The van der Waals surface area contributed by atoms with Gasteiger partial charge in [-0.15, -0.1) is 0 Å². The molecule has 1 N–H and O–H groups in total. The Morgan fingerprint density at radius 1 is 0.968 bits per heavy atom. The maximum Gasteiger partial charge on any atom is 0.415 e. The lowest BCUT2D eigenvalue weighted by Gasteiger charge is -2.31. The van der Waals surface area contributed by atoms with Gasteiger partial charge in [0.25, 0.3) is 5.91 Å². The summed E-state index contributed by atoms with van der Waals surface area (Å²) in [5.41, 5.74) is 1.98. The fourth-order valence-electron chi connectivity index (χ4n) is 3.27. The number of aromatic nitrogens is 2. The number of hydrogen-bond donors (Lipinski definition) is 1. The van der Waals surface area contributed by atoms with Crippen LogP contribution < -0.4 is 10.1 Å². The summed E-state index contributed by atoms with van der Waals surface area (Å²) >= 11 is 0. The standard InChI is InChI=1S/C22H23N5O4/c1-15(28)19-14-27-13-17(5-8-20(27)24-19)23-21(29)16-3-6-18(7-4-16)31-22(30)26-11-9-25(2)10-12-26/h3-8,13-14H,9-12H2,1-2H3,(H,23,29). The van der Waals surface area contributed by atoms with Crippen molar-refractivity contribution in [2.24, 2.45) is 0 Å². The summed E-state index contributed by atoms with van der Waals surface area (Å²) in [6.45, 7) is 4.34. The van der Waals surface area contributed by atoms with Crippen molar-refractivity contribution in [2.75, 3.05) is 38.5 Å². The molecule has 9 heteroatoms. The van der Waals surface area contributed by atoms with E-state index in [1.165, 1.54) is 6.92 Å². The zero-order valence-corrected chi connectivity index (χ0v) is 17.4. The number of ketones is 1. The van der Waals surface area contributed by atoms with Gasteiger partial charge in [0.2, 0.25) is 0 Å². The first kappa shape index (κ1) is 20.5. The van der Waals surface area contributed by atoms with Gasteiger partial charge in [0.1, 0.15) is 17.1 Å². The molecule has 2 aromatic heterocycles. The molecule has 0 radical (unpaired) electrons. The Balaban J connectivity index is 1.38. The van der Waals surface area contributed by atoms with Crippen LogP contribution in [0.1, 0.15) is 27.8 Å². The summed E-state index contributed by atoms with van der Waals surface area (Å²) in [7, 11) is 2.02. The number of carbonyl (C=O) groups is 3. The third-order valence-electron chi connectivity index (χ3n) is 5.15. The fourth-order valence-corrected chi connectivity index (χ4v) is 3.27. The van der Waals surface area contributed by atoms with Crippen LogP contribution in [0.15, 0.2) is 48.8 Å². The number of pyridine rings is 1. The van der Waals surface area contributed by atoms with E-state index in [1.807, 2.05) is 7.05 Å². The lowest BCUT2D eigenvalue weighted by atomic mass is 10.2. The molecular formula is C22H23N5O4. The summed E-state index contributed by atoms with van der Waals surface area (Å²) in [4.78, 5) is 44.3. The minimum Gasteiger partial charge on any atom is -0.410 e. The zero-order chi connectivity index (χ0) is 22.0. The van der Waals surface area contributed by atoms with Crippen LogP contribution in [0.5, 0.6) is 5.75 Å². The number of fused-ring (bicyclic) bond motifs is 1. The number of imidazole rings is 1. The smallest absolute Gasteiger partial charge is 0.410 e. The second-order valence-corrected chi connectivity index (χ2v) is 7.50. The summed E-state index contributed by atoms with van der Waals surface area (Å²) in [6, 6.07) is 9.85. The van der Waals surface area contributed by atoms with Crippen molar-refractivity contribution in [2.45, 2.75) is 6.92 Å². The third kappa shape index (κ3) is 4.72. The Hall–Kier alpha value is -3.72. The molecule has 1 aromatic carbocycles. The van der Waals surface area contributed by atoms with E-state index in [4.69, 9.17) is 4.74 Å². The van der Waals surface area contributed by atoms with Crippen LogP contribution in [-0.4, -0.2) is 70.2 Å². The molecule has 1 aliphatic heterocycles. The molecule has 0 aliphatic carbocycles. The lowest BCUT2D eigenvalue weighted by molar-refractivity contribution is 0.100. The van der Waals surface area contributed by atoms with Crippen LogP contribution in [0.4, 0.5) is 10.5 Å². The van der Waals surface area contributed by atoms with Crippen LogP contribution in [-0.2, 0) is 0 Å².